The van der Waals surface area contributed by atoms with Crippen molar-refractivity contribution >= 4 is 11.0 Å². The number of furan rings is 1. The van der Waals surface area contributed by atoms with Gasteiger partial charge in [-0.05, 0) is 55.1 Å². The van der Waals surface area contributed by atoms with E-state index in [2.05, 4.69) is 12.2 Å². The molecule has 0 unspecified atom stereocenters. The summed E-state index contributed by atoms with van der Waals surface area (Å²) in [5.41, 5.74) is 0.692. The molecule has 0 aliphatic carbocycles. The average Bonchev–Trinajstić information content (AvgIpc) is 2.85. The van der Waals surface area contributed by atoms with Crippen LogP contribution in [0.4, 0.5) is 13.2 Å². The highest BCUT2D eigenvalue weighted by Crippen LogP contribution is 2.39. The van der Waals surface area contributed by atoms with E-state index < -0.39 is 11.7 Å². The highest BCUT2D eigenvalue weighted by molar-refractivity contribution is 5.82. The Morgan fingerprint density at radius 1 is 1.30 bits per heavy atom. The zero-order valence-corrected chi connectivity index (χ0v) is 11.1. The van der Waals surface area contributed by atoms with Crippen LogP contribution in [-0.2, 0) is 6.18 Å². The predicted molar refractivity (Wildman–Crippen MR) is 70.6 cm³/mol. The fraction of sp³-hybridized carbons (Fsp3) is 0.467. The van der Waals surface area contributed by atoms with Gasteiger partial charge in [0.2, 0.25) is 0 Å². The molecule has 20 heavy (non-hydrogen) atoms. The minimum atomic E-state index is -4.32. The van der Waals surface area contributed by atoms with Crippen LogP contribution in [0, 0.1) is 5.92 Å². The lowest BCUT2D eigenvalue weighted by Gasteiger charge is -2.30. The zero-order chi connectivity index (χ0) is 14.3. The van der Waals surface area contributed by atoms with Crippen LogP contribution >= 0.6 is 0 Å². The SMILES string of the molecule is C[C@@H]1CNCC[C@@H]1c1cc(C(F)(F)F)cc2ccoc12. The molecular weight excluding hydrogens is 267 g/mol. The summed E-state index contributed by atoms with van der Waals surface area (Å²) in [5, 5.41) is 3.80. The van der Waals surface area contributed by atoms with Crippen molar-refractivity contribution < 1.29 is 17.6 Å². The Morgan fingerprint density at radius 3 is 2.80 bits per heavy atom. The van der Waals surface area contributed by atoms with Crippen molar-refractivity contribution in [2.45, 2.75) is 25.4 Å². The molecule has 5 heteroatoms. The summed E-state index contributed by atoms with van der Waals surface area (Å²) >= 11 is 0. The van der Waals surface area contributed by atoms with Gasteiger partial charge in [-0.3, -0.25) is 0 Å². The molecule has 2 heterocycles. The van der Waals surface area contributed by atoms with Gasteiger partial charge in [0, 0.05) is 5.39 Å². The number of rotatable bonds is 1. The van der Waals surface area contributed by atoms with Gasteiger partial charge in [0.25, 0.3) is 0 Å². The number of hydrogen-bond acceptors (Lipinski definition) is 2. The van der Waals surface area contributed by atoms with Crippen molar-refractivity contribution in [3.05, 3.63) is 35.6 Å². The second kappa shape index (κ2) is 4.81. The van der Waals surface area contributed by atoms with Crippen molar-refractivity contribution in [2.75, 3.05) is 13.1 Å². The van der Waals surface area contributed by atoms with E-state index in [-0.39, 0.29) is 5.92 Å². The van der Waals surface area contributed by atoms with Crippen LogP contribution in [0.2, 0.25) is 0 Å². The van der Waals surface area contributed by atoms with E-state index in [1.807, 2.05) is 0 Å². The molecule has 108 valence electrons. The van der Waals surface area contributed by atoms with Crippen molar-refractivity contribution in [1.29, 1.82) is 0 Å². The second-order valence-electron chi connectivity index (χ2n) is 5.48. The molecule has 3 rings (SSSR count). The minimum Gasteiger partial charge on any atom is -0.464 e. The standard InChI is InChI=1S/C15H16F3NO/c1-9-8-19-4-2-12(9)13-7-11(15(16,17)18)6-10-3-5-20-14(10)13/h3,5-7,9,12,19H,2,4,8H2,1H3/t9-,12+/m1/s1. The van der Waals surface area contributed by atoms with Crippen LogP contribution in [0.5, 0.6) is 0 Å². The average molecular weight is 283 g/mol. The first kappa shape index (κ1) is 13.5. The number of piperidine rings is 1. The molecule has 1 aromatic carbocycles. The molecule has 1 aromatic heterocycles. The first-order chi connectivity index (χ1) is 9.47. The first-order valence-electron chi connectivity index (χ1n) is 6.76. The molecule has 2 nitrogen and oxygen atoms in total. The van der Waals surface area contributed by atoms with Crippen LogP contribution in [0.15, 0.2) is 28.9 Å². The third-order valence-electron chi connectivity index (χ3n) is 4.09. The number of nitrogens with one attached hydrogen (secondary N) is 1. The maximum absolute atomic E-state index is 13.0. The van der Waals surface area contributed by atoms with Crippen molar-refractivity contribution in [2.24, 2.45) is 5.92 Å². The van der Waals surface area contributed by atoms with Gasteiger partial charge in [-0.1, -0.05) is 6.92 Å². The molecule has 1 saturated heterocycles. The fourth-order valence-electron chi connectivity index (χ4n) is 3.02. The molecule has 1 fully saturated rings. The molecule has 0 spiro atoms. The predicted octanol–water partition coefficient (Wildman–Crippen LogP) is 4.16. The summed E-state index contributed by atoms with van der Waals surface area (Å²) in [6.45, 7) is 3.71. The molecule has 0 bridgehead atoms. The van der Waals surface area contributed by atoms with Gasteiger partial charge in [-0.2, -0.15) is 13.2 Å². The van der Waals surface area contributed by atoms with E-state index in [0.29, 0.717) is 22.5 Å². The lowest BCUT2D eigenvalue weighted by Crippen LogP contribution is -2.33. The van der Waals surface area contributed by atoms with Gasteiger partial charge >= 0.3 is 6.18 Å². The summed E-state index contributed by atoms with van der Waals surface area (Å²) in [6, 6.07) is 4.02. The monoisotopic (exact) mass is 283 g/mol. The first-order valence-corrected chi connectivity index (χ1v) is 6.76. The molecule has 2 aromatic rings. The van der Waals surface area contributed by atoms with Crippen LogP contribution in [-0.4, -0.2) is 13.1 Å². The van der Waals surface area contributed by atoms with Crippen LogP contribution in [0.25, 0.3) is 11.0 Å². The normalized spacial score (nSPS) is 24.2. The second-order valence-corrected chi connectivity index (χ2v) is 5.48. The van der Waals surface area contributed by atoms with Crippen molar-refractivity contribution in [3.63, 3.8) is 0 Å². The van der Waals surface area contributed by atoms with Crippen molar-refractivity contribution in [1.82, 2.24) is 5.32 Å². The fourth-order valence-corrected chi connectivity index (χ4v) is 3.02. The Balaban J connectivity index is 2.14. The van der Waals surface area contributed by atoms with E-state index in [9.17, 15) is 13.2 Å². The van der Waals surface area contributed by atoms with Crippen LogP contribution in [0.3, 0.4) is 0 Å². The number of fused-ring (bicyclic) bond motifs is 1. The smallest absolute Gasteiger partial charge is 0.416 e. The number of benzene rings is 1. The molecule has 0 amide bonds. The third-order valence-corrected chi connectivity index (χ3v) is 4.09. The van der Waals surface area contributed by atoms with E-state index in [1.165, 1.54) is 12.3 Å². The summed E-state index contributed by atoms with van der Waals surface area (Å²) < 4.78 is 44.5. The summed E-state index contributed by atoms with van der Waals surface area (Å²) in [6.07, 6.45) is -2.03. The number of halogens is 3. The summed E-state index contributed by atoms with van der Waals surface area (Å²) in [4.78, 5) is 0. The third kappa shape index (κ3) is 2.30. The number of hydrogen-bond donors (Lipinski definition) is 1. The molecular formula is C15H16F3NO. The van der Waals surface area contributed by atoms with Gasteiger partial charge in [0.05, 0.1) is 11.8 Å². The zero-order valence-electron chi connectivity index (χ0n) is 11.1. The van der Waals surface area contributed by atoms with Crippen LogP contribution in [0.1, 0.15) is 30.4 Å². The lowest BCUT2D eigenvalue weighted by atomic mass is 9.81. The quantitative estimate of drug-likeness (QED) is 0.850. The molecule has 1 aliphatic heterocycles. The van der Waals surface area contributed by atoms with Gasteiger partial charge in [-0.15, -0.1) is 0 Å². The topological polar surface area (TPSA) is 25.2 Å². The Morgan fingerprint density at radius 2 is 2.10 bits per heavy atom. The molecule has 1 N–H and O–H groups in total. The Bertz CT molecular complexity index is 617. The molecule has 0 radical (unpaired) electrons. The maximum atomic E-state index is 13.0. The number of alkyl halides is 3. The van der Waals surface area contributed by atoms with E-state index in [1.54, 1.807) is 6.07 Å². The van der Waals surface area contributed by atoms with Gasteiger partial charge in [-0.25, -0.2) is 0 Å². The molecule has 2 atom stereocenters. The van der Waals surface area contributed by atoms with E-state index in [4.69, 9.17) is 4.42 Å². The highest BCUT2D eigenvalue weighted by Gasteiger charge is 2.34. The summed E-state index contributed by atoms with van der Waals surface area (Å²) in [5.74, 6) is 0.396. The Hall–Kier alpha value is -1.49. The molecule has 1 aliphatic rings. The van der Waals surface area contributed by atoms with Gasteiger partial charge in [0.1, 0.15) is 5.58 Å². The highest BCUT2D eigenvalue weighted by atomic mass is 19.4. The van der Waals surface area contributed by atoms with Crippen molar-refractivity contribution in [3.8, 4) is 0 Å². The van der Waals surface area contributed by atoms with E-state index in [0.717, 1.165) is 25.6 Å². The maximum Gasteiger partial charge on any atom is 0.416 e. The van der Waals surface area contributed by atoms with Gasteiger partial charge < -0.3 is 9.73 Å². The molecule has 0 saturated carbocycles. The lowest BCUT2D eigenvalue weighted by molar-refractivity contribution is -0.137. The Kier molecular flexibility index (Phi) is 3.24. The summed E-state index contributed by atoms with van der Waals surface area (Å²) in [7, 11) is 0. The van der Waals surface area contributed by atoms with E-state index >= 15 is 0 Å². The van der Waals surface area contributed by atoms with Gasteiger partial charge in [0.15, 0.2) is 0 Å². The largest absolute Gasteiger partial charge is 0.464 e. The Labute approximate surface area is 115 Å². The van der Waals surface area contributed by atoms with Crippen LogP contribution < -0.4 is 5.32 Å². The minimum absolute atomic E-state index is 0.104.